The molecule has 1 aliphatic heterocycles. The number of benzene rings is 1. The van der Waals surface area contributed by atoms with Crippen LogP contribution in [-0.4, -0.2) is 42.1 Å². The van der Waals surface area contributed by atoms with Crippen LogP contribution in [0.15, 0.2) is 36.5 Å². The molecule has 0 aromatic heterocycles. The fraction of sp³-hybridized carbons (Fsp3) is 0.308. The molecule has 0 atom stereocenters. The first-order valence-corrected chi connectivity index (χ1v) is 5.60. The Labute approximate surface area is 100 Å². The number of phenols is 1. The molecule has 0 saturated carbocycles. The van der Waals surface area contributed by atoms with Crippen LogP contribution in [0.2, 0.25) is 0 Å². The van der Waals surface area contributed by atoms with Gasteiger partial charge in [-0.25, -0.2) is 0 Å². The largest absolute Gasteiger partial charge is 0.507 e. The maximum Gasteiger partial charge on any atom is 0.190 e. The second kappa shape index (κ2) is 5.50. The van der Waals surface area contributed by atoms with Gasteiger partial charge in [0.15, 0.2) is 5.78 Å². The number of hydrogen-bond acceptors (Lipinski definition) is 4. The molecule has 1 aliphatic rings. The van der Waals surface area contributed by atoms with Gasteiger partial charge in [0.25, 0.3) is 0 Å². The summed E-state index contributed by atoms with van der Waals surface area (Å²) < 4.78 is 5.21. The van der Waals surface area contributed by atoms with Crippen LogP contribution in [0.5, 0.6) is 5.75 Å². The van der Waals surface area contributed by atoms with E-state index in [2.05, 4.69) is 0 Å². The summed E-state index contributed by atoms with van der Waals surface area (Å²) >= 11 is 0. The van der Waals surface area contributed by atoms with Crippen molar-refractivity contribution in [2.75, 3.05) is 26.3 Å². The SMILES string of the molecule is O=C(C=CN1CCOCC1)c1ccccc1O. The van der Waals surface area contributed by atoms with Crippen LogP contribution in [0.25, 0.3) is 0 Å². The van der Waals surface area contributed by atoms with Gasteiger partial charge in [-0.15, -0.1) is 0 Å². The lowest BCUT2D eigenvalue weighted by Crippen LogP contribution is -2.32. The average molecular weight is 233 g/mol. The Hall–Kier alpha value is -1.81. The van der Waals surface area contributed by atoms with Crippen LogP contribution in [0.3, 0.4) is 0 Å². The minimum Gasteiger partial charge on any atom is -0.507 e. The molecule has 0 radical (unpaired) electrons. The highest BCUT2D eigenvalue weighted by atomic mass is 16.5. The lowest BCUT2D eigenvalue weighted by Gasteiger charge is -2.24. The monoisotopic (exact) mass is 233 g/mol. The van der Waals surface area contributed by atoms with Gasteiger partial charge >= 0.3 is 0 Å². The third-order valence-electron chi connectivity index (χ3n) is 2.65. The minimum absolute atomic E-state index is 0.0177. The number of ether oxygens (including phenoxy) is 1. The van der Waals surface area contributed by atoms with E-state index in [4.69, 9.17) is 4.74 Å². The maximum absolute atomic E-state index is 11.8. The van der Waals surface area contributed by atoms with Gasteiger partial charge in [-0.05, 0) is 12.1 Å². The number of carbonyl (C=O) groups is 1. The van der Waals surface area contributed by atoms with Crippen LogP contribution >= 0.6 is 0 Å². The van der Waals surface area contributed by atoms with Crippen molar-refractivity contribution in [3.63, 3.8) is 0 Å². The van der Waals surface area contributed by atoms with Crippen LogP contribution in [0, 0.1) is 0 Å². The first-order chi connectivity index (χ1) is 8.27. The molecule has 0 bridgehead atoms. The van der Waals surface area contributed by atoms with Crippen molar-refractivity contribution in [3.8, 4) is 5.75 Å². The Balaban J connectivity index is 2.01. The second-order valence-electron chi connectivity index (χ2n) is 3.85. The van der Waals surface area contributed by atoms with Gasteiger partial charge < -0.3 is 14.7 Å². The highest BCUT2D eigenvalue weighted by Crippen LogP contribution is 2.16. The number of nitrogens with zero attached hydrogens (tertiary/aromatic N) is 1. The molecular weight excluding hydrogens is 218 g/mol. The fourth-order valence-electron chi connectivity index (χ4n) is 1.67. The highest BCUT2D eigenvalue weighted by Gasteiger charge is 2.09. The van der Waals surface area contributed by atoms with Gasteiger partial charge in [-0.2, -0.15) is 0 Å². The standard InChI is InChI=1S/C13H15NO3/c15-12-4-2-1-3-11(12)13(16)5-6-14-7-9-17-10-8-14/h1-6,15H,7-10H2. The van der Waals surface area contributed by atoms with Crippen LogP contribution in [-0.2, 0) is 4.74 Å². The summed E-state index contributed by atoms with van der Waals surface area (Å²) in [6.45, 7) is 2.97. The third-order valence-corrected chi connectivity index (χ3v) is 2.65. The number of aromatic hydroxyl groups is 1. The quantitative estimate of drug-likeness (QED) is 0.633. The Morgan fingerprint density at radius 3 is 2.71 bits per heavy atom. The van der Waals surface area contributed by atoms with Crippen molar-refractivity contribution in [1.82, 2.24) is 4.90 Å². The third kappa shape index (κ3) is 3.07. The molecule has 1 heterocycles. The summed E-state index contributed by atoms with van der Waals surface area (Å²) in [4.78, 5) is 13.8. The summed E-state index contributed by atoms with van der Waals surface area (Å²) in [7, 11) is 0. The van der Waals surface area contributed by atoms with Crippen LogP contribution in [0.4, 0.5) is 0 Å². The molecule has 4 heteroatoms. The molecule has 1 N–H and O–H groups in total. The van der Waals surface area contributed by atoms with Crippen molar-refractivity contribution < 1.29 is 14.6 Å². The van der Waals surface area contributed by atoms with Gasteiger partial charge in [0.05, 0.1) is 18.8 Å². The van der Waals surface area contributed by atoms with Crippen LogP contribution < -0.4 is 0 Å². The molecule has 1 aromatic rings. The highest BCUT2D eigenvalue weighted by molar-refractivity contribution is 6.06. The normalized spacial score (nSPS) is 16.4. The zero-order chi connectivity index (χ0) is 12.1. The van der Waals surface area contributed by atoms with E-state index in [1.807, 2.05) is 4.90 Å². The molecule has 17 heavy (non-hydrogen) atoms. The topological polar surface area (TPSA) is 49.8 Å². The predicted molar refractivity (Wildman–Crippen MR) is 64.0 cm³/mol. The Bertz CT molecular complexity index is 422. The van der Waals surface area contributed by atoms with E-state index in [1.165, 1.54) is 12.1 Å². The van der Waals surface area contributed by atoms with E-state index in [0.717, 1.165) is 13.1 Å². The number of rotatable bonds is 3. The number of phenolic OH excluding ortho intramolecular Hbond substituents is 1. The molecule has 1 fully saturated rings. The smallest absolute Gasteiger partial charge is 0.190 e. The minimum atomic E-state index is -0.186. The van der Waals surface area contributed by atoms with E-state index in [9.17, 15) is 9.90 Å². The van der Waals surface area contributed by atoms with E-state index < -0.39 is 0 Å². The second-order valence-corrected chi connectivity index (χ2v) is 3.85. The Morgan fingerprint density at radius 1 is 1.29 bits per heavy atom. The van der Waals surface area contributed by atoms with Crippen molar-refractivity contribution in [1.29, 1.82) is 0 Å². The number of para-hydroxylation sites is 1. The zero-order valence-corrected chi connectivity index (χ0v) is 9.50. The lowest BCUT2D eigenvalue weighted by atomic mass is 10.1. The van der Waals surface area contributed by atoms with Gasteiger partial charge in [0.1, 0.15) is 5.75 Å². The number of morpholine rings is 1. The molecule has 0 amide bonds. The van der Waals surface area contributed by atoms with E-state index >= 15 is 0 Å². The molecule has 1 saturated heterocycles. The summed E-state index contributed by atoms with van der Waals surface area (Å²) in [5, 5.41) is 9.53. The Kier molecular flexibility index (Phi) is 3.77. The lowest BCUT2D eigenvalue weighted by molar-refractivity contribution is 0.0591. The predicted octanol–water partition coefficient (Wildman–Crippen LogP) is 1.42. The number of ketones is 1. The van der Waals surface area contributed by atoms with E-state index in [-0.39, 0.29) is 11.5 Å². The average Bonchev–Trinajstić information content (AvgIpc) is 2.38. The van der Waals surface area contributed by atoms with Gasteiger partial charge in [-0.3, -0.25) is 4.79 Å². The zero-order valence-electron chi connectivity index (χ0n) is 9.50. The molecule has 0 spiro atoms. The maximum atomic E-state index is 11.8. The van der Waals surface area contributed by atoms with E-state index in [0.29, 0.717) is 18.8 Å². The molecule has 2 rings (SSSR count). The first kappa shape index (κ1) is 11.7. The summed E-state index contributed by atoms with van der Waals surface area (Å²) in [5.74, 6) is -0.168. The van der Waals surface area contributed by atoms with Gasteiger partial charge in [0.2, 0.25) is 0 Å². The van der Waals surface area contributed by atoms with Crippen molar-refractivity contribution >= 4 is 5.78 Å². The fourth-order valence-corrected chi connectivity index (χ4v) is 1.67. The van der Waals surface area contributed by atoms with Gasteiger partial charge in [-0.1, -0.05) is 12.1 Å². The Morgan fingerprint density at radius 2 is 2.00 bits per heavy atom. The van der Waals surface area contributed by atoms with Gasteiger partial charge in [0, 0.05) is 25.4 Å². The van der Waals surface area contributed by atoms with Crippen molar-refractivity contribution in [3.05, 3.63) is 42.1 Å². The van der Waals surface area contributed by atoms with Crippen molar-refractivity contribution in [2.24, 2.45) is 0 Å². The summed E-state index contributed by atoms with van der Waals surface area (Å²) in [6, 6.07) is 6.55. The number of allylic oxidation sites excluding steroid dienone is 1. The van der Waals surface area contributed by atoms with Crippen LogP contribution in [0.1, 0.15) is 10.4 Å². The van der Waals surface area contributed by atoms with Crippen molar-refractivity contribution in [2.45, 2.75) is 0 Å². The number of carbonyl (C=O) groups excluding carboxylic acids is 1. The summed E-state index contributed by atoms with van der Waals surface area (Å²) in [6.07, 6.45) is 3.25. The first-order valence-electron chi connectivity index (χ1n) is 5.60. The molecular formula is C13H15NO3. The molecule has 4 nitrogen and oxygen atoms in total. The molecule has 90 valence electrons. The molecule has 1 aromatic carbocycles. The van der Waals surface area contributed by atoms with E-state index in [1.54, 1.807) is 24.4 Å². The summed E-state index contributed by atoms with van der Waals surface area (Å²) in [5.41, 5.74) is 0.331. The molecule has 0 aliphatic carbocycles. The molecule has 0 unspecified atom stereocenters. The number of hydrogen-bond donors (Lipinski definition) is 1.